The Kier molecular flexibility index (Phi) is 1.95. The number of amides is 2. The third kappa shape index (κ3) is 1.46. The summed E-state index contributed by atoms with van der Waals surface area (Å²) >= 11 is 0. The molecule has 0 bridgehead atoms. The van der Waals surface area contributed by atoms with Crippen LogP contribution in [0.4, 0.5) is 4.79 Å². The molecule has 6 heteroatoms. The minimum atomic E-state index is -0.762. The first-order valence-corrected chi connectivity index (χ1v) is 4.04. The van der Waals surface area contributed by atoms with Gasteiger partial charge in [-0.25, -0.2) is 4.79 Å². The van der Waals surface area contributed by atoms with E-state index in [0.717, 1.165) is 4.90 Å². The molecule has 1 unspecified atom stereocenters. The van der Waals surface area contributed by atoms with Crippen LogP contribution in [0, 0.1) is 0 Å². The molecule has 74 valence electrons. The molecule has 0 N–H and O–H groups in total. The van der Waals surface area contributed by atoms with E-state index >= 15 is 0 Å². The van der Waals surface area contributed by atoms with Gasteiger partial charge in [0.25, 0.3) is 11.8 Å². The Hall–Kier alpha value is -1.85. The minimum Gasteiger partial charge on any atom is -0.430 e. The van der Waals surface area contributed by atoms with E-state index in [-0.39, 0.29) is 13.2 Å². The van der Waals surface area contributed by atoms with Crippen LogP contribution in [0.2, 0.25) is 0 Å². The van der Waals surface area contributed by atoms with Gasteiger partial charge in [0, 0.05) is 12.2 Å². The normalized spacial score (nSPS) is 25.6. The predicted molar refractivity (Wildman–Crippen MR) is 42.1 cm³/mol. The number of carbonyl (C=O) groups excluding carboxylic acids is 3. The average Bonchev–Trinajstić information content (AvgIpc) is 2.67. The van der Waals surface area contributed by atoms with E-state index in [1.165, 1.54) is 12.2 Å². The van der Waals surface area contributed by atoms with Crippen LogP contribution >= 0.6 is 0 Å². The summed E-state index contributed by atoms with van der Waals surface area (Å²) in [6.45, 7) is 0.131. The summed E-state index contributed by atoms with van der Waals surface area (Å²) in [5.74, 6) is -0.782. The van der Waals surface area contributed by atoms with Crippen LogP contribution < -0.4 is 0 Å². The van der Waals surface area contributed by atoms with Crippen molar-refractivity contribution in [3.8, 4) is 0 Å². The molecular formula is C8H7NO5. The summed E-state index contributed by atoms with van der Waals surface area (Å²) in [6.07, 6.45) is 1.05. The summed E-state index contributed by atoms with van der Waals surface area (Å²) in [5, 5.41) is 0. The van der Waals surface area contributed by atoms with Crippen molar-refractivity contribution in [1.82, 2.24) is 4.90 Å². The van der Waals surface area contributed by atoms with Crippen molar-refractivity contribution >= 4 is 18.0 Å². The highest BCUT2D eigenvalue weighted by molar-refractivity contribution is 6.12. The van der Waals surface area contributed by atoms with Crippen LogP contribution in [0.3, 0.4) is 0 Å². The Morgan fingerprint density at radius 3 is 2.43 bits per heavy atom. The second kappa shape index (κ2) is 3.13. The number of carbonyl (C=O) groups is 3. The van der Waals surface area contributed by atoms with Crippen molar-refractivity contribution in [2.45, 2.75) is 6.10 Å². The maximum absolute atomic E-state index is 11.1. The van der Waals surface area contributed by atoms with Gasteiger partial charge >= 0.3 is 6.16 Å². The van der Waals surface area contributed by atoms with Crippen LogP contribution in [-0.4, -0.2) is 42.1 Å². The lowest BCUT2D eigenvalue weighted by molar-refractivity contribution is -0.138. The zero-order chi connectivity index (χ0) is 10.1. The maximum atomic E-state index is 11.1. The number of hydrogen-bond donors (Lipinski definition) is 0. The second-order valence-corrected chi connectivity index (χ2v) is 2.92. The molecule has 2 aliphatic rings. The molecule has 1 saturated heterocycles. The Morgan fingerprint density at radius 1 is 1.29 bits per heavy atom. The van der Waals surface area contributed by atoms with Crippen LogP contribution in [0.15, 0.2) is 12.2 Å². The molecule has 14 heavy (non-hydrogen) atoms. The van der Waals surface area contributed by atoms with Gasteiger partial charge in [0.05, 0.1) is 6.54 Å². The second-order valence-electron chi connectivity index (χ2n) is 2.92. The van der Waals surface area contributed by atoms with E-state index in [9.17, 15) is 14.4 Å². The zero-order valence-corrected chi connectivity index (χ0v) is 7.13. The van der Waals surface area contributed by atoms with Gasteiger partial charge < -0.3 is 9.47 Å². The molecule has 0 radical (unpaired) electrons. The van der Waals surface area contributed by atoms with Crippen molar-refractivity contribution in [3.63, 3.8) is 0 Å². The molecule has 1 atom stereocenters. The van der Waals surface area contributed by atoms with E-state index in [1.54, 1.807) is 0 Å². The van der Waals surface area contributed by atoms with E-state index in [0.29, 0.717) is 0 Å². The molecule has 0 aromatic rings. The lowest BCUT2D eigenvalue weighted by atomic mass is 10.3. The first-order chi connectivity index (χ1) is 6.66. The van der Waals surface area contributed by atoms with Crippen LogP contribution in [0.5, 0.6) is 0 Å². The van der Waals surface area contributed by atoms with Crippen LogP contribution in [0.25, 0.3) is 0 Å². The summed E-state index contributed by atoms with van der Waals surface area (Å²) in [7, 11) is 0. The molecule has 2 rings (SSSR count). The van der Waals surface area contributed by atoms with E-state index in [4.69, 9.17) is 0 Å². The summed E-state index contributed by atoms with van der Waals surface area (Å²) < 4.78 is 9.20. The van der Waals surface area contributed by atoms with E-state index < -0.39 is 24.1 Å². The third-order valence-corrected chi connectivity index (χ3v) is 1.94. The maximum Gasteiger partial charge on any atom is 0.508 e. The zero-order valence-electron chi connectivity index (χ0n) is 7.13. The average molecular weight is 197 g/mol. The van der Waals surface area contributed by atoms with E-state index in [1.807, 2.05) is 0 Å². The van der Waals surface area contributed by atoms with Gasteiger partial charge in [-0.2, -0.15) is 0 Å². The monoisotopic (exact) mass is 197 g/mol. The highest BCUT2D eigenvalue weighted by Crippen LogP contribution is 2.11. The fourth-order valence-electron chi connectivity index (χ4n) is 1.27. The fourth-order valence-corrected chi connectivity index (χ4v) is 1.27. The molecule has 0 saturated carbocycles. The molecule has 0 aromatic carbocycles. The number of ether oxygens (including phenoxy) is 2. The molecule has 0 aliphatic carbocycles. The van der Waals surface area contributed by atoms with Gasteiger partial charge in [-0.1, -0.05) is 0 Å². The summed E-state index contributed by atoms with van der Waals surface area (Å²) in [4.78, 5) is 33.7. The number of nitrogens with zero attached hydrogens (tertiary/aromatic N) is 1. The number of cyclic esters (lactones) is 2. The largest absolute Gasteiger partial charge is 0.508 e. The molecule has 0 aromatic heterocycles. The number of hydrogen-bond acceptors (Lipinski definition) is 5. The summed E-state index contributed by atoms with van der Waals surface area (Å²) in [6, 6.07) is 0. The van der Waals surface area contributed by atoms with Crippen molar-refractivity contribution in [3.05, 3.63) is 12.2 Å². The van der Waals surface area contributed by atoms with Crippen molar-refractivity contribution in [1.29, 1.82) is 0 Å². The predicted octanol–water partition coefficient (Wildman–Crippen LogP) is -0.553. The van der Waals surface area contributed by atoms with Gasteiger partial charge in [0.1, 0.15) is 6.61 Å². The third-order valence-electron chi connectivity index (χ3n) is 1.94. The van der Waals surface area contributed by atoms with Gasteiger partial charge in [-0.3, -0.25) is 14.5 Å². The SMILES string of the molecule is O=C1OCC(CN2C(=O)C=CC2=O)O1. The van der Waals surface area contributed by atoms with Crippen LogP contribution in [0.1, 0.15) is 0 Å². The van der Waals surface area contributed by atoms with E-state index in [2.05, 4.69) is 9.47 Å². The molecule has 0 spiro atoms. The van der Waals surface area contributed by atoms with Gasteiger partial charge in [0.15, 0.2) is 6.10 Å². The van der Waals surface area contributed by atoms with Crippen molar-refractivity contribution in [2.24, 2.45) is 0 Å². The lowest BCUT2D eigenvalue weighted by Crippen LogP contribution is -2.37. The van der Waals surface area contributed by atoms with Gasteiger partial charge in [0.2, 0.25) is 0 Å². The number of imide groups is 1. The molecule has 6 nitrogen and oxygen atoms in total. The Balaban J connectivity index is 1.95. The quantitative estimate of drug-likeness (QED) is 0.438. The topological polar surface area (TPSA) is 72.9 Å². The van der Waals surface area contributed by atoms with Gasteiger partial charge in [-0.15, -0.1) is 0 Å². The molecular weight excluding hydrogens is 190 g/mol. The smallest absolute Gasteiger partial charge is 0.430 e. The molecule has 2 amide bonds. The highest BCUT2D eigenvalue weighted by Gasteiger charge is 2.32. The van der Waals surface area contributed by atoms with Crippen molar-refractivity contribution in [2.75, 3.05) is 13.2 Å². The first kappa shape index (κ1) is 8.74. The highest BCUT2D eigenvalue weighted by atomic mass is 16.8. The minimum absolute atomic E-state index is 0.0520. The summed E-state index contributed by atoms with van der Waals surface area (Å²) in [5.41, 5.74) is 0. The molecule has 2 aliphatic heterocycles. The Labute approximate surface area is 79.1 Å². The first-order valence-electron chi connectivity index (χ1n) is 4.04. The molecule has 1 fully saturated rings. The Bertz CT molecular complexity index is 317. The molecule has 2 heterocycles. The van der Waals surface area contributed by atoms with Crippen LogP contribution in [-0.2, 0) is 19.1 Å². The standard InChI is InChI=1S/C8H7NO5/c10-6-1-2-7(11)9(6)3-5-4-13-8(12)14-5/h1-2,5H,3-4H2. The van der Waals surface area contributed by atoms with Gasteiger partial charge in [-0.05, 0) is 0 Å². The Morgan fingerprint density at radius 2 is 1.93 bits per heavy atom. The number of rotatable bonds is 2. The lowest BCUT2D eigenvalue weighted by Gasteiger charge is -2.15. The fraction of sp³-hybridized carbons (Fsp3) is 0.375. The van der Waals surface area contributed by atoms with Crippen molar-refractivity contribution < 1.29 is 23.9 Å².